The van der Waals surface area contributed by atoms with Gasteiger partial charge in [0.1, 0.15) is 0 Å². The van der Waals surface area contributed by atoms with Crippen molar-refractivity contribution in [2.75, 3.05) is 0 Å². The molecule has 2 heteroatoms. The molecule has 0 aliphatic rings. The molecule has 0 saturated heterocycles. The summed E-state index contributed by atoms with van der Waals surface area (Å²) in [6.45, 7) is 6.48. The Morgan fingerprint density at radius 2 is 2.09 bits per heavy atom. The minimum absolute atomic E-state index is 0.446. The van der Waals surface area contributed by atoms with E-state index in [-0.39, 0.29) is 0 Å². The van der Waals surface area contributed by atoms with E-state index in [9.17, 15) is 0 Å². The fraction of sp³-hybridized carbons (Fsp3) is 0.556. The van der Waals surface area contributed by atoms with E-state index in [1.165, 1.54) is 5.56 Å². The van der Waals surface area contributed by atoms with Crippen LogP contribution in [0.15, 0.2) is 18.5 Å². The molecular weight excluding hydrogens is 136 g/mol. The van der Waals surface area contributed by atoms with Crippen LogP contribution in [-0.4, -0.2) is 11.0 Å². The molecule has 1 unspecified atom stereocenters. The van der Waals surface area contributed by atoms with Gasteiger partial charge in [-0.05, 0) is 18.6 Å². The van der Waals surface area contributed by atoms with Gasteiger partial charge in [-0.25, -0.2) is 0 Å². The first-order chi connectivity index (χ1) is 5.20. The number of hydrogen-bond acceptors (Lipinski definition) is 1. The highest BCUT2D eigenvalue weighted by atomic mass is 14.9. The van der Waals surface area contributed by atoms with E-state index in [1.54, 1.807) is 0 Å². The molecule has 1 atom stereocenters. The van der Waals surface area contributed by atoms with Gasteiger partial charge in [0, 0.05) is 24.5 Å². The first kappa shape index (κ1) is 8.34. The monoisotopic (exact) mass is 152 g/mol. The average Bonchev–Trinajstić information content (AvgIpc) is 2.35. The summed E-state index contributed by atoms with van der Waals surface area (Å²) in [5, 5.41) is 3.43. The van der Waals surface area contributed by atoms with E-state index in [0.717, 1.165) is 0 Å². The average molecular weight is 152 g/mol. The predicted octanol–water partition coefficient (Wildman–Crippen LogP) is 2.07. The van der Waals surface area contributed by atoms with Gasteiger partial charge in [-0.2, -0.15) is 0 Å². The van der Waals surface area contributed by atoms with Crippen molar-refractivity contribution >= 4 is 0 Å². The SMILES string of the molecule is CC(C)NC(C)c1cc[nH]c1. The standard InChI is InChI=1S/C9H16N2/c1-7(2)11-8(3)9-4-5-10-6-9/h4-8,10-11H,1-3H3. The molecule has 2 nitrogen and oxygen atoms in total. The maximum Gasteiger partial charge on any atom is 0.0309 e. The third kappa shape index (κ3) is 2.39. The second-order valence-corrected chi connectivity index (χ2v) is 3.19. The van der Waals surface area contributed by atoms with Crippen LogP contribution in [0.4, 0.5) is 0 Å². The molecule has 0 aromatic carbocycles. The zero-order chi connectivity index (χ0) is 8.27. The lowest BCUT2D eigenvalue weighted by Crippen LogP contribution is -2.25. The fourth-order valence-electron chi connectivity index (χ4n) is 1.20. The van der Waals surface area contributed by atoms with Crippen molar-refractivity contribution in [1.82, 2.24) is 10.3 Å². The van der Waals surface area contributed by atoms with Gasteiger partial charge in [0.05, 0.1) is 0 Å². The van der Waals surface area contributed by atoms with Crippen LogP contribution in [0.1, 0.15) is 32.4 Å². The Hall–Kier alpha value is -0.760. The summed E-state index contributed by atoms with van der Waals surface area (Å²) in [6.07, 6.45) is 3.98. The second kappa shape index (κ2) is 3.58. The summed E-state index contributed by atoms with van der Waals surface area (Å²) in [4.78, 5) is 3.04. The Balaban J connectivity index is 2.49. The summed E-state index contributed by atoms with van der Waals surface area (Å²) < 4.78 is 0. The van der Waals surface area contributed by atoms with E-state index in [0.29, 0.717) is 12.1 Å². The molecule has 2 N–H and O–H groups in total. The van der Waals surface area contributed by atoms with Crippen molar-refractivity contribution in [3.63, 3.8) is 0 Å². The number of hydrogen-bond donors (Lipinski definition) is 2. The molecule has 1 heterocycles. The zero-order valence-electron chi connectivity index (χ0n) is 7.39. The van der Waals surface area contributed by atoms with Crippen LogP contribution in [0.25, 0.3) is 0 Å². The zero-order valence-corrected chi connectivity index (χ0v) is 7.39. The van der Waals surface area contributed by atoms with Gasteiger partial charge in [0.15, 0.2) is 0 Å². The molecule has 0 aliphatic heterocycles. The Labute approximate surface area is 68.0 Å². The molecule has 0 saturated carbocycles. The van der Waals surface area contributed by atoms with E-state index in [2.05, 4.69) is 37.1 Å². The normalized spacial score (nSPS) is 13.8. The third-order valence-electron chi connectivity index (χ3n) is 1.71. The van der Waals surface area contributed by atoms with E-state index in [1.807, 2.05) is 12.4 Å². The van der Waals surface area contributed by atoms with Crippen LogP contribution in [0.3, 0.4) is 0 Å². The summed E-state index contributed by atoms with van der Waals surface area (Å²) >= 11 is 0. The van der Waals surface area contributed by atoms with Crippen LogP contribution >= 0.6 is 0 Å². The molecule has 1 aromatic rings. The molecule has 0 radical (unpaired) electrons. The minimum Gasteiger partial charge on any atom is -0.367 e. The quantitative estimate of drug-likeness (QED) is 0.681. The molecule has 1 aromatic heterocycles. The molecule has 62 valence electrons. The molecule has 11 heavy (non-hydrogen) atoms. The van der Waals surface area contributed by atoms with Gasteiger partial charge in [0.25, 0.3) is 0 Å². The van der Waals surface area contributed by atoms with Crippen molar-refractivity contribution < 1.29 is 0 Å². The maximum absolute atomic E-state index is 3.43. The molecule has 0 spiro atoms. The lowest BCUT2D eigenvalue weighted by Gasteiger charge is -2.14. The van der Waals surface area contributed by atoms with Gasteiger partial charge in [-0.15, -0.1) is 0 Å². The first-order valence-corrected chi connectivity index (χ1v) is 4.09. The van der Waals surface area contributed by atoms with Crippen molar-refractivity contribution in [3.8, 4) is 0 Å². The number of rotatable bonds is 3. The van der Waals surface area contributed by atoms with Crippen LogP contribution in [0.5, 0.6) is 0 Å². The summed E-state index contributed by atoms with van der Waals surface area (Å²) in [5.41, 5.74) is 1.32. The van der Waals surface area contributed by atoms with Crippen molar-refractivity contribution in [1.29, 1.82) is 0 Å². The van der Waals surface area contributed by atoms with Crippen molar-refractivity contribution in [3.05, 3.63) is 24.0 Å². The highest BCUT2D eigenvalue weighted by Gasteiger charge is 2.05. The van der Waals surface area contributed by atoms with Gasteiger partial charge < -0.3 is 10.3 Å². The first-order valence-electron chi connectivity index (χ1n) is 4.09. The van der Waals surface area contributed by atoms with Crippen LogP contribution in [-0.2, 0) is 0 Å². The highest BCUT2D eigenvalue weighted by molar-refractivity contribution is 5.12. The molecular formula is C9H16N2. The van der Waals surface area contributed by atoms with Gasteiger partial charge in [-0.3, -0.25) is 0 Å². The van der Waals surface area contributed by atoms with E-state index in [4.69, 9.17) is 0 Å². The van der Waals surface area contributed by atoms with Gasteiger partial charge in [0.2, 0.25) is 0 Å². The van der Waals surface area contributed by atoms with Crippen LogP contribution in [0.2, 0.25) is 0 Å². The largest absolute Gasteiger partial charge is 0.367 e. The number of aromatic nitrogens is 1. The number of H-pyrrole nitrogens is 1. The Bertz CT molecular complexity index is 189. The number of aromatic amines is 1. The van der Waals surface area contributed by atoms with Crippen molar-refractivity contribution in [2.24, 2.45) is 0 Å². The van der Waals surface area contributed by atoms with E-state index >= 15 is 0 Å². The summed E-state index contributed by atoms with van der Waals surface area (Å²) in [5.74, 6) is 0. The van der Waals surface area contributed by atoms with Gasteiger partial charge in [-0.1, -0.05) is 13.8 Å². The molecule has 1 rings (SSSR count). The minimum atomic E-state index is 0.446. The highest BCUT2D eigenvalue weighted by Crippen LogP contribution is 2.10. The van der Waals surface area contributed by atoms with Gasteiger partial charge >= 0.3 is 0 Å². The number of nitrogens with one attached hydrogen (secondary N) is 2. The topological polar surface area (TPSA) is 27.8 Å². The second-order valence-electron chi connectivity index (χ2n) is 3.19. The Kier molecular flexibility index (Phi) is 2.71. The lowest BCUT2D eigenvalue weighted by atomic mass is 10.1. The predicted molar refractivity (Wildman–Crippen MR) is 47.5 cm³/mol. The fourth-order valence-corrected chi connectivity index (χ4v) is 1.20. The van der Waals surface area contributed by atoms with Crippen molar-refractivity contribution in [2.45, 2.75) is 32.9 Å². The maximum atomic E-state index is 3.43. The lowest BCUT2D eigenvalue weighted by molar-refractivity contribution is 0.506. The van der Waals surface area contributed by atoms with Crippen LogP contribution in [0, 0.1) is 0 Å². The molecule has 0 bridgehead atoms. The summed E-state index contributed by atoms with van der Waals surface area (Å²) in [6, 6.07) is 3.08. The smallest absolute Gasteiger partial charge is 0.0309 e. The molecule has 0 fully saturated rings. The Morgan fingerprint density at radius 3 is 2.55 bits per heavy atom. The summed E-state index contributed by atoms with van der Waals surface area (Å²) in [7, 11) is 0. The van der Waals surface area contributed by atoms with E-state index < -0.39 is 0 Å². The third-order valence-corrected chi connectivity index (χ3v) is 1.71. The van der Waals surface area contributed by atoms with Crippen LogP contribution < -0.4 is 5.32 Å². The molecule has 0 amide bonds. The Morgan fingerprint density at radius 1 is 1.36 bits per heavy atom. The molecule has 0 aliphatic carbocycles.